The first kappa shape index (κ1) is 21.2. The molecule has 0 radical (unpaired) electrons. The Morgan fingerprint density at radius 1 is 0.839 bits per heavy atom. The van der Waals surface area contributed by atoms with Gasteiger partial charge in [-0.1, -0.05) is 60.7 Å². The van der Waals surface area contributed by atoms with Gasteiger partial charge in [0, 0.05) is 12.1 Å². The van der Waals surface area contributed by atoms with Gasteiger partial charge in [0.25, 0.3) is 5.69 Å². The van der Waals surface area contributed by atoms with Crippen LogP contribution in [0.1, 0.15) is 56.4 Å². The summed E-state index contributed by atoms with van der Waals surface area (Å²) in [4.78, 5) is 17.3. The number of non-ortho nitro benzene ring substituents is 1. The molecular weight excluding hydrogens is 388 g/mol. The number of rotatable bonds is 6. The number of hydrogen-bond donors (Lipinski definition) is 0. The topological polar surface area (TPSA) is 55.6 Å². The first-order chi connectivity index (χ1) is 14.8. The molecule has 1 unspecified atom stereocenters. The summed E-state index contributed by atoms with van der Waals surface area (Å²) in [7, 11) is 0. The van der Waals surface area contributed by atoms with Crippen molar-refractivity contribution in [2.45, 2.75) is 50.8 Å². The van der Waals surface area contributed by atoms with Gasteiger partial charge >= 0.3 is 0 Å². The van der Waals surface area contributed by atoms with E-state index in [1.54, 1.807) is 12.1 Å². The zero-order valence-corrected chi connectivity index (χ0v) is 18.2. The molecule has 0 aliphatic carbocycles. The average Bonchev–Trinajstić information content (AvgIpc) is 3.07. The van der Waals surface area contributed by atoms with Gasteiger partial charge in [-0.2, -0.15) is 5.06 Å². The van der Waals surface area contributed by atoms with Gasteiger partial charge in [-0.25, -0.2) is 0 Å². The SMILES string of the molecule is CC(ON1[C@](C)(c2ccccc2)CC[C@@]1(C)c1ccccc1)c1ccc([N+](=O)[O-])cc1. The zero-order chi connectivity index (χ0) is 22.1. The van der Waals surface area contributed by atoms with Crippen LogP contribution in [0.3, 0.4) is 0 Å². The summed E-state index contributed by atoms with van der Waals surface area (Å²) in [5, 5.41) is 13.2. The fraction of sp³-hybridized carbons (Fsp3) is 0.308. The van der Waals surface area contributed by atoms with Crippen LogP contribution < -0.4 is 0 Å². The monoisotopic (exact) mass is 416 g/mol. The van der Waals surface area contributed by atoms with Gasteiger partial charge < -0.3 is 0 Å². The first-order valence-electron chi connectivity index (χ1n) is 10.7. The molecule has 3 aromatic rings. The van der Waals surface area contributed by atoms with E-state index in [4.69, 9.17) is 4.84 Å². The van der Waals surface area contributed by atoms with Crippen LogP contribution in [0.15, 0.2) is 84.9 Å². The third-order valence-electron chi connectivity index (χ3n) is 6.62. The van der Waals surface area contributed by atoms with Crippen LogP contribution in [0.4, 0.5) is 5.69 Å². The van der Waals surface area contributed by atoms with E-state index in [-0.39, 0.29) is 27.8 Å². The maximum atomic E-state index is 11.0. The molecule has 160 valence electrons. The highest BCUT2D eigenvalue weighted by molar-refractivity contribution is 5.34. The molecule has 3 aromatic carbocycles. The summed E-state index contributed by atoms with van der Waals surface area (Å²) in [6, 6.07) is 27.6. The molecule has 0 bridgehead atoms. The van der Waals surface area contributed by atoms with Crippen LogP contribution in [-0.4, -0.2) is 9.99 Å². The number of nitrogens with zero attached hydrogens (tertiary/aromatic N) is 2. The van der Waals surface area contributed by atoms with E-state index >= 15 is 0 Å². The highest BCUT2D eigenvalue weighted by atomic mass is 16.7. The third-order valence-corrected chi connectivity index (χ3v) is 6.62. The van der Waals surface area contributed by atoms with Crippen molar-refractivity contribution in [1.29, 1.82) is 0 Å². The molecule has 0 saturated carbocycles. The molecule has 1 aliphatic rings. The molecule has 0 aromatic heterocycles. The summed E-state index contributed by atoms with van der Waals surface area (Å²) in [6.45, 7) is 6.47. The van der Waals surface area contributed by atoms with Crippen molar-refractivity contribution >= 4 is 5.69 Å². The molecule has 0 N–H and O–H groups in total. The van der Waals surface area contributed by atoms with E-state index in [0.717, 1.165) is 18.4 Å². The molecule has 31 heavy (non-hydrogen) atoms. The average molecular weight is 417 g/mol. The van der Waals surface area contributed by atoms with Crippen molar-refractivity contribution in [3.63, 3.8) is 0 Å². The number of hydrogen-bond acceptors (Lipinski definition) is 4. The lowest BCUT2D eigenvalue weighted by molar-refractivity contribution is -0.384. The standard InChI is InChI=1S/C26H28N2O3/c1-20(21-14-16-24(17-15-21)27(29)30)31-28-25(2,22-10-6-4-7-11-22)18-19-26(28,3)23-12-8-5-9-13-23/h4-17,20H,18-19H2,1-3H3/t20?,25-,26-/m0/s1. The van der Waals surface area contributed by atoms with Crippen LogP contribution in [-0.2, 0) is 15.9 Å². The minimum atomic E-state index is -0.380. The molecule has 1 aliphatic heterocycles. The Labute approximate surface area is 183 Å². The Hall–Kier alpha value is -3.02. The van der Waals surface area contributed by atoms with Crippen molar-refractivity contribution in [1.82, 2.24) is 5.06 Å². The van der Waals surface area contributed by atoms with Gasteiger partial charge in [-0.05, 0) is 62.4 Å². The Morgan fingerprint density at radius 2 is 1.29 bits per heavy atom. The number of nitro benzene ring substituents is 1. The minimum absolute atomic E-state index is 0.0837. The predicted octanol–water partition coefficient (Wildman–Crippen LogP) is 6.51. The largest absolute Gasteiger partial charge is 0.289 e. The molecule has 3 atom stereocenters. The van der Waals surface area contributed by atoms with Gasteiger partial charge in [-0.3, -0.25) is 15.0 Å². The summed E-state index contributed by atoms with van der Waals surface area (Å²) < 4.78 is 0. The third kappa shape index (κ3) is 3.87. The molecule has 4 rings (SSSR count). The molecule has 1 heterocycles. The zero-order valence-electron chi connectivity index (χ0n) is 18.2. The predicted molar refractivity (Wildman–Crippen MR) is 121 cm³/mol. The second-order valence-electron chi connectivity index (χ2n) is 8.67. The lowest BCUT2D eigenvalue weighted by Gasteiger charge is -2.44. The first-order valence-corrected chi connectivity index (χ1v) is 10.7. The lowest BCUT2D eigenvalue weighted by atomic mass is 9.89. The summed E-state index contributed by atoms with van der Waals surface area (Å²) in [6.07, 6.45) is 1.65. The number of benzene rings is 3. The molecule has 1 fully saturated rings. The number of nitro groups is 1. The number of hydroxylamine groups is 2. The van der Waals surface area contributed by atoms with Crippen LogP contribution >= 0.6 is 0 Å². The van der Waals surface area contributed by atoms with E-state index in [1.165, 1.54) is 23.3 Å². The normalized spacial score (nSPS) is 24.7. The molecular formula is C26H28N2O3. The highest BCUT2D eigenvalue weighted by Crippen LogP contribution is 2.53. The maximum absolute atomic E-state index is 11.0. The van der Waals surface area contributed by atoms with Gasteiger partial charge in [0.05, 0.1) is 16.0 Å². The van der Waals surface area contributed by atoms with Crippen molar-refractivity contribution < 1.29 is 9.76 Å². The quantitative estimate of drug-likeness (QED) is 0.339. The Bertz CT molecular complexity index is 986. The molecule has 5 nitrogen and oxygen atoms in total. The summed E-state index contributed by atoms with van der Waals surface area (Å²) in [5.41, 5.74) is 2.81. The van der Waals surface area contributed by atoms with E-state index in [9.17, 15) is 10.1 Å². The fourth-order valence-corrected chi connectivity index (χ4v) is 4.67. The van der Waals surface area contributed by atoms with E-state index in [2.05, 4.69) is 67.4 Å². The van der Waals surface area contributed by atoms with Gasteiger partial charge in [0.2, 0.25) is 0 Å². The van der Waals surface area contributed by atoms with Crippen LogP contribution in [0, 0.1) is 10.1 Å². The maximum Gasteiger partial charge on any atom is 0.269 e. The Morgan fingerprint density at radius 3 is 1.71 bits per heavy atom. The van der Waals surface area contributed by atoms with Crippen molar-refractivity contribution in [3.05, 3.63) is 112 Å². The van der Waals surface area contributed by atoms with E-state index in [1.807, 2.05) is 19.1 Å². The highest BCUT2D eigenvalue weighted by Gasteiger charge is 2.53. The van der Waals surface area contributed by atoms with Crippen LogP contribution in [0.2, 0.25) is 0 Å². The Kier molecular flexibility index (Phi) is 5.65. The molecule has 0 spiro atoms. The molecule has 5 heteroatoms. The van der Waals surface area contributed by atoms with Gasteiger partial charge in [0.15, 0.2) is 0 Å². The minimum Gasteiger partial charge on any atom is -0.289 e. The molecule has 1 saturated heterocycles. The fourth-order valence-electron chi connectivity index (χ4n) is 4.67. The van der Waals surface area contributed by atoms with Crippen molar-refractivity contribution in [2.24, 2.45) is 0 Å². The van der Waals surface area contributed by atoms with Gasteiger partial charge in [0.1, 0.15) is 6.10 Å². The lowest BCUT2D eigenvalue weighted by Crippen LogP contribution is -2.48. The van der Waals surface area contributed by atoms with E-state index in [0.29, 0.717) is 0 Å². The summed E-state index contributed by atoms with van der Waals surface area (Å²) >= 11 is 0. The van der Waals surface area contributed by atoms with Crippen LogP contribution in [0.25, 0.3) is 0 Å². The smallest absolute Gasteiger partial charge is 0.269 e. The second-order valence-corrected chi connectivity index (χ2v) is 8.67. The summed E-state index contributed by atoms with van der Waals surface area (Å²) in [5.74, 6) is 0. The molecule has 0 amide bonds. The van der Waals surface area contributed by atoms with Crippen molar-refractivity contribution in [3.8, 4) is 0 Å². The van der Waals surface area contributed by atoms with Crippen LogP contribution in [0.5, 0.6) is 0 Å². The Balaban J connectivity index is 1.72. The van der Waals surface area contributed by atoms with Gasteiger partial charge in [-0.15, -0.1) is 0 Å². The van der Waals surface area contributed by atoms with Crippen molar-refractivity contribution in [2.75, 3.05) is 0 Å². The van der Waals surface area contributed by atoms with E-state index < -0.39 is 0 Å². The second kappa shape index (κ2) is 8.25.